The summed E-state index contributed by atoms with van der Waals surface area (Å²) < 4.78 is 34.8. The zero-order chi connectivity index (χ0) is 24.9. The van der Waals surface area contributed by atoms with Crippen LogP contribution >= 0.6 is 11.6 Å². The highest BCUT2D eigenvalue weighted by molar-refractivity contribution is 7.89. The first-order valence-corrected chi connectivity index (χ1v) is 12.8. The Labute approximate surface area is 206 Å². The number of carbonyl (C=O) groups is 1. The second-order valence-corrected chi connectivity index (χ2v) is 10.3. The van der Waals surface area contributed by atoms with E-state index in [2.05, 4.69) is 10.0 Å². The number of carbonyl (C=O) groups excluding carboxylic acids is 1. The number of hydrogen-bond donors (Lipinski definition) is 2. The van der Waals surface area contributed by atoms with Crippen molar-refractivity contribution < 1.29 is 17.9 Å². The molecule has 0 heterocycles. The Morgan fingerprint density at radius 2 is 1.65 bits per heavy atom. The van der Waals surface area contributed by atoms with Crippen molar-refractivity contribution in [2.45, 2.75) is 45.1 Å². The van der Waals surface area contributed by atoms with Gasteiger partial charge in [0.25, 0.3) is 0 Å². The number of aryl methyl sites for hydroxylation is 3. The Morgan fingerprint density at radius 3 is 2.26 bits per heavy atom. The smallest absolute Gasteiger partial charge is 0.245 e. The van der Waals surface area contributed by atoms with E-state index in [1.54, 1.807) is 13.0 Å². The molecule has 34 heavy (non-hydrogen) atoms. The molecule has 0 radical (unpaired) electrons. The third-order valence-corrected chi connectivity index (χ3v) is 7.04. The highest BCUT2D eigenvalue weighted by Gasteiger charge is 2.29. The number of benzene rings is 3. The van der Waals surface area contributed by atoms with Crippen LogP contribution in [-0.2, 0) is 21.2 Å². The molecule has 6 nitrogen and oxygen atoms in total. The molecule has 3 aromatic carbocycles. The van der Waals surface area contributed by atoms with Crippen LogP contribution in [0.3, 0.4) is 0 Å². The Balaban J connectivity index is 1.97. The summed E-state index contributed by atoms with van der Waals surface area (Å²) in [5.41, 5.74) is 4.38. The van der Waals surface area contributed by atoms with Gasteiger partial charge in [-0.2, -0.15) is 4.72 Å². The van der Waals surface area contributed by atoms with Crippen LogP contribution in [0.2, 0.25) is 5.02 Å². The van der Waals surface area contributed by atoms with Crippen LogP contribution in [0.15, 0.2) is 65.6 Å². The Hall–Kier alpha value is -2.87. The SMILES string of the molecule is CCOc1ccc(Cl)cc1S(=O)(=O)NC(Cc1ccccc1)C(=O)Nc1c(C)cc(C)cc1C. The van der Waals surface area contributed by atoms with Gasteiger partial charge in [0.15, 0.2) is 0 Å². The van der Waals surface area contributed by atoms with Crippen LogP contribution in [0.5, 0.6) is 5.75 Å². The predicted molar refractivity (Wildman–Crippen MR) is 136 cm³/mol. The number of halogens is 1. The summed E-state index contributed by atoms with van der Waals surface area (Å²) in [6.07, 6.45) is 0.167. The molecule has 0 aliphatic heterocycles. The van der Waals surface area contributed by atoms with Crippen LogP contribution in [-0.4, -0.2) is 27.0 Å². The van der Waals surface area contributed by atoms with Crippen LogP contribution in [0.1, 0.15) is 29.2 Å². The van der Waals surface area contributed by atoms with Gasteiger partial charge in [0.05, 0.1) is 6.61 Å². The molecule has 1 unspecified atom stereocenters. The van der Waals surface area contributed by atoms with Crippen molar-refractivity contribution in [3.8, 4) is 5.75 Å². The third-order valence-electron chi connectivity index (χ3n) is 5.32. The number of amides is 1. The van der Waals surface area contributed by atoms with Gasteiger partial charge in [-0.05, 0) is 69.0 Å². The molecule has 0 aliphatic rings. The molecule has 8 heteroatoms. The highest BCUT2D eigenvalue weighted by Crippen LogP contribution is 2.28. The highest BCUT2D eigenvalue weighted by atomic mass is 35.5. The lowest BCUT2D eigenvalue weighted by molar-refractivity contribution is -0.117. The Bertz CT molecular complexity index is 1250. The lowest BCUT2D eigenvalue weighted by Gasteiger charge is -2.21. The third kappa shape index (κ3) is 6.38. The standard InChI is InChI=1S/C26H29ClN2O4S/c1-5-33-23-12-11-21(27)16-24(23)34(31,32)29-22(15-20-9-7-6-8-10-20)26(30)28-25-18(3)13-17(2)14-19(25)4/h6-14,16,22,29H,5,15H2,1-4H3,(H,28,30). The number of sulfonamides is 1. The zero-order valence-electron chi connectivity index (χ0n) is 19.7. The summed E-state index contributed by atoms with van der Waals surface area (Å²) >= 11 is 6.08. The maximum absolute atomic E-state index is 13.4. The van der Waals surface area contributed by atoms with E-state index in [4.69, 9.17) is 16.3 Å². The van der Waals surface area contributed by atoms with Crippen LogP contribution < -0.4 is 14.8 Å². The molecule has 3 aromatic rings. The minimum atomic E-state index is -4.14. The summed E-state index contributed by atoms with van der Waals surface area (Å²) in [5, 5.41) is 3.18. The van der Waals surface area contributed by atoms with Crippen LogP contribution in [0, 0.1) is 20.8 Å². The molecule has 0 fully saturated rings. The molecule has 0 aliphatic carbocycles. The quantitative estimate of drug-likeness (QED) is 0.423. The molecule has 0 spiro atoms. The maximum atomic E-state index is 13.4. The van der Waals surface area contributed by atoms with Crippen LogP contribution in [0.25, 0.3) is 0 Å². The monoisotopic (exact) mass is 500 g/mol. The van der Waals surface area contributed by atoms with E-state index in [1.807, 2.05) is 63.2 Å². The van der Waals surface area contributed by atoms with Crippen LogP contribution in [0.4, 0.5) is 5.69 Å². The van der Waals surface area contributed by atoms with E-state index in [9.17, 15) is 13.2 Å². The van der Waals surface area contributed by atoms with Crippen molar-refractivity contribution in [1.29, 1.82) is 0 Å². The van der Waals surface area contributed by atoms with Crippen molar-refractivity contribution in [2.24, 2.45) is 0 Å². The first kappa shape index (κ1) is 25.7. The van der Waals surface area contributed by atoms with Crippen molar-refractivity contribution in [1.82, 2.24) is 4.72 Å². The van der Waals surface area contributed by atoms with Gasteiger partial charge < -0.3 is 10.1 Å². The lowest BCUT2D eigenvalue weighted by Crippen LogP contribution is -2.45. The van der Waals surface area contributed by atoms with Crippen molar-refractivity contribution >= 4 is 33.2 Å². The maximum Gasteiger partial charge on any atom is 0.245 e. The minimum absolute atomic E-state index is 0.115. The first-order chi connectivity index (χ1) is 16.1. The van der Waals surface area contributed by atoms with Gasteiger partial charge in [0, 0.05) is 10.7 Å². The molecule has 3 rings (SSSR count). The van der Waals surface area contributed by atoms with Gasteiger partial charge in [-0.15, -0.1) is 0 Å². The number of ether oxygens (including phenoxy) is 1. The van der Waals surface area contributed by atoms with E-state index in [-0.39, 0.29) is 28.7 Å². The molecule has 1 amide bonds. The molecule has 0 saturated carbocycles. The van der Waals surface area contributed by atoms with E-state index in [1.165, 1.54) is 12.1 Å². The number of rotatable bonds is 9. The van der Waals surface area contributed by atoms with Crippen molar-refractivity contribution in [2.75, 3.05) is 11.9 Å². The van der Waals surface area contributed by atoms with Gasteiger partial charge in [-0.1, -0.05) is 59.6 Å². The fourth-order valence-electron chi connectivity index (χ4n) is 3.84. The normalized spacial score (nSPS) is 12.3. The second-order valence-electron chi connectivity index (χ2n) is 8.15. The van der Waals surface area contributed by atoms with Gasteiger partial charge in [0.1, 0.15) is 16.7 Å². The first-order valence-electron chi connectivity index (χ1n) is 11.0. The van der Waals surface area contributed by atoms with E-state index >= 15 is 0 Å². The fourth-order valence-corrected chi connectivity index (χ4v) is 5.45. The molecule has 0 bridgehead atoms. The van der Waals surface area contributed by atoms with E-state index in [0.717, 1.165) is 22.3 Å². The summed E-state index contributed by atoms with van der Waals surface area (Å²) in [4.78, 5) is 13.3. The lowest BCUT2D eigenvalue weighted by atomic mass is 10.0. The summed E-state index contributed by atoms with van der Waals surface area (Å²) in [7, 11) is -4.14. The van der Waals surface area contributed by atoms with Crippen molar-refractivity contribution in [3.63, 3.8) is 0 Å². The molecule has 1 atom stereocenters. The number of nitrogens with one attached hydrogen (secondary N) is 2. The second kappa shape index (κ2) is 11.0. The Kier molecular flexibility index (Phi) is 8.36. The van der Waals surface area contributed by atoms with E-state index < -0.39 is 22.0 Å². The molecule has 0 saturated heterocycles. The molecule has 2 N–H and O–H groups in total. The number of hydrogen-bond acceptors (Lipinski definition) is 4. The van der Waals surface area contributed by atoms with Gasteiger partial charge in [-0.25, -0.2) is 8.42 Å². The largest absolute Gasteiger partial charge is 0.492 e. The minimum Gasteiger partial charge on any atom is -0.492 e. The molecule has 180 valence electrons. The number of anilines is 1. The van der Waals surface area contributed by atoms with Crippen molar-refractivity contribution in [3.05, 3.63) is 87.9 Å². The van der Waals surface area contributed by atoms with E-state index in [0.29, 0.717) is 5.69 Å². The summed E-state index contributed by atoms with van der Waals surface area (Å²) in [5.74, 6) is -0.286. The average Bonchev–Trinajstić information content (AvgIpc) is 2.77. The average molecular weight is 501 g/mol. The predicted octanol–water partition coefficient (Wildman–Crippen LogP) is 5.19. The van der Waals surface area contributed by atoms with Gasteiger partial charge in [0.2, 0.25) is 15.9 Å². The summed E-state index contributed by atoms with van der Waals surface area (Å²) in [6.45, 7) is 7.85. The molecule has 0 aromatic heterocycles. The topological polar surface area (TPSA) is 84.5 Å². The zero-order valence-corrected chi connectivity index (χ0v) is 21.3. The Morgan fingerprint density at radius 1 is 1.00 bits per heavy atom. The van der Waals surface area contributed by atoms with Gasteiger partial charge >= 0.3 is 0 Å². The molecular formula is C26H29ClN2O4S. The summed E-state index contributed by atoms with van der Waals surface area (Å²) in [6, 6.07) is 16.5. The molecular weight excluding hydrogens is 472 g/mol. The van der Waals surface area contributed by atoms with Gasteiger partial charge in [-0.3, -0.25) is 4.79 Å². The fraction of sp³-hybridized carbons (Fsp3) is 0.269.